The van der Waals surface area contributed by atoms with Crippen LogP contribution in [0.4, 0.5) is 29.2 Å². The van der Waals surface area contributed by atoms with E-state index in [0.29, 0.717) is 19.4 Å². The van der Waals surface area contributed by atoms with Crippen LogP contribution in [0.25, 0.3) is 11.2 Å². The van der Waals surface area contributed by atoms with Crippen LogP contribution in [0.5, 0.6) is 5.75 Å². The Balaban J connectivity index is 1.27. The van der Waals surface area contributed by atoms with E-state index in [1.54, 1.807) is 0 Å². The van der Waals surface area contributed by atoms with E-state index in [0.717, 1.165) is 28.6 Å². The third-order valence-corrected chi connectivity index (χ3v) is 7.98. The molecule has 1 aliphatic carbocycles. The fraction of sp³-hybridized carbons (Fsp3) is 0.226. The van der Waals surface area contributed by atoms with Gasteiger partial charge in [0.1, 0.15) is 21.9 Å². The van der Waals surface area contributed by atoms with E-state index in [9.17, 15) is 22.4 Å². The van der Waals surface area contributed by atoms with Gasteiger partial charge in [-0.05, 0) is 36.6 Å². The Kier molecular flexibility index (Phi) is 8.40. The topological polar surface area (TPSA) is 119 Å². The van der Waals surface area contributed by atoms with Gasteiger partial charge in [-0.15, -0.1) is 0 Å². The molecule has 46 heavy (non-hydrogen) atoms. The van der Waals surface area contributed by atoms with Crippen LogP contribution in [0.15, 0.2) is 89.2 Å². The summed E-state index contributed by atoms with van der Waals surface area (Å²) in [5.41, 5.74) is -0.823. The number of rotatable bonds is 9. The number of aromatic nitrogens is 4. The minimum absolute atomic E-state index is 0.0128. The third kappa shape index (κ3) is 6.13. The first-order chi connectivity index (χ1) is 22.0. The zero-order chi connectivity index (χ0) is 32.6. The van der Waals surface area contributed by atoms with E-state index < -0.39 is 29.2 Å². The molecule has 0 bridgehead atoms. The van der Waals surface area contributed by atoms with Gasteiger partial charge < -0.3 is 34.7 Å². The van der Waals surface area contributed by atoms with Gasteiger partial charge >= 0.3 is 6.18 Å². The number of imidazole rings is 1. The lowest BCUT2D eigenvalue weighted by atomic mass is 9.88. The highest BCUT2D eigenvalue weighted by Crippen LogP contribution is 2.38. The van der Waals surface area contributed by atoms with Gasteiger partial charge in [-0.3, -0.25) is 4.79 Å². The Labute approximate surface area is 264 Å². The van der Waals surface area contributed by atoms with Crippen LogP contribution in [0.3, 0.4) is 0 Å². The fourth-order valence-corrected chi connectivity index (χ4v) is 5.40. The number of pyridine rings is 2. The van der Waals surface area contributed by atoms with E-state index in [-0.39, 0.29) is 51.1 Å². The van der Waals surface area contributed by atoms with Crippen LogP contribution in [-0.4, -0.2) is 31.4 Å². The van der Waals surface area contributed by atoms with Crippen LogP contribution in [0, 0.1) is 5.41 Å². The Morgan fingerprint density at radius 1 is 1.26 bits per heavy atom. The molecule has 4 aromatic rings. The second-order valence-electron chi connectivity index (χ2n) is 10.6. The molecule has 1 fully saturated rings. The number of aryl methyl sites for hydroxylation is 1. The number of hydrogen-bond acceptors (Lipinski definition) is 8. The van der Waals surface area contributed by atoms with Crippen molar-refractivity contribution in [2.45, 2.75) is 37.8 Å². The first-order valence-electron chi connectivity index (χ1n) is 14.0. The molecule has 1 saturated carbocycles. The van der Waals surface area contributed by atoms with Crippen LogP contribution in [-0.2, 0) is 24.6 Å². The number of allylic oxidation sites excluding steroid dienone is 4. The predicted octanol–water partition coefficient (Wildman–Crippen LogP) is 6.68. The lowest BCUT2D eigenvalue weighted by Gasteiger charge is -2.36. The summed E-state index contributed by atoms with van der Waals surface area (Å²) in [5, 5.41) is 13.1. The minimum Gasteiger partial charge on any atom is -0.450 e. The van der Waals surface area contributed by atoms with E-state index >= 15 is 0 Å². The van der Waals surface area contributed by atoms with E-state index in [1.807, 2.05) is 30.3 Å². The van der Waals surface area contributed by atoms with Crippen LogP contribution in [0.2, 0.25) is 5.02 Å². The number of benzene rings is 1. The summed E-state index contributed by atoms with van der Waals surface area (Å²) >= 11 is 6.61. The molecular formula is C31H26ClF4N7O3. The molecule has 0 atom stereocenters. The monoisotopic (exact) mass is 655 g/mol. The SMILES string of the molecule is Cn1c(Nc2cc(C(F)(F)F)cn([C@H]3C[C@H](OCc4ccccc4)C3)c2=O)nc2ncc(O/C(C=N)=C3/NC=CC=C3F)c(Cl)c21. The second-order valence-corrected chi connectivity index (χ2v) is 11.0. The van der Waals surface area contributed by atoms with Crippen molar-refractivity contribution in [1.82, 2.24) is 24.4 Å². The maximum Gasteiger partial charge on any atom is 0.417 e. The number of nitrogens with zero attached hydrogens (tertiary/aromatic N) is 4. The lowest BCUT2D eigenvalue weighted by Crippen LogP contribution is -2.39. The standard InChI is InChI=1S/C31H26ClF4N7O3/c1-42-27-25(32)24(46-23(13-37)26-21(33)8-5-9-38-26)14-39-28(27)41-30(42)40-22-10-18(31(34,35)36)15-43(29(22)44)19-11-20(12-19)45-16-17-6-3-2-4-7-17/h2-10,13-15,19-20,37-38H,11-12,16H2,1H3,(H,39,40,41)/b26-23+,37-13?/t19-,20-. The van der Waals surface area contributed by atoms with Crippen molar-refractivity contribution in [2.75, 3.05) is 5.32 Å². The third-order valence-electron chi connectivity index (χ3n) is 7.62. The van der Waals surface area contributed by atoms with Crippen LogP contribution >= 0.6 is 11.6 Å². The Morgan fingerprint density at radius 3 is 2.72 bits per heavy atom. The molecule has 3 N–H and O–H groups in total. The zero-order valence-corrected chi connectivity index (χ0v) is 24.9. The summed E-state index contributed by atoms with van der Waals surface area (Å²) in [5.74, 6) is -0.896. The second kappa shape index (κ2) is 12.4. The van der Waals surface area contributed by atoms with Crippen molar-refractivity contribution in [1.29, 1.82) is 5.41 Å². The molecule has 4 heterocycles. The number of fused-ring (bicyclic) bond motifs is 1. The van der Waals surface area contributed by atoms with Gasteiger partial charge in [0.2, 0.25) is 5.95 Å². The first-order valence-corrected chi connectivity index (χ1v) is 14.4. The highest BCUT2D eigenvalue weighted by atomic mass is 35.5. The molecule has 3 aromatic heterocycles. The fourth-order valence-electron chi connectivity index (χ4n) is 5.10. The summed E-state index contributed by atoms with van der Waals surface area (Å²) in [7, 11) is 1.52. The molecule has 6 rings (SSSR count). The van der Waals surface area contributed by atoms with Gasteiger partial charge in [0, 0.05) is 25.5 Å². The Morgan fingerprint density at radius 2 is 2.02 bits per heavy atom. The summed E-state index contributed by atoms with van der Waals surface area (Å²) in [6.45, 7) is 0.362. The molecule has 2 aliphatic rings. The maximum absolute atomic E-state index is 14.3. The van der Waals surface area contributed by atoms with Gasteiger partial charge in [0.25, 0.3) is 5.56 Å². The highest BCUT2D eigenvalue weighted by Gasteiger charge is 2.37. The molecule has 0 saturated heterocycles. The van der Waals surface area contributed by atoms with E-state index in [1.165, 1.54) is 36.2 Å². The largest absolute Gasteiger partial charge is 0.450 e. The molecule has 1 aromatic carbocycles. The van der Waals surface area contributed by atoms with Gasteiger partial charge in [-0.25, -0.2) is 9.37 Å². The Bertz CT molecular complexity index is 1960. The molecule has 15 heteroatoms. The average molecular weight is 656 g/mol. The number of hydrogen-bond donors (Lipinski definition) is 3. The molecule has 1 aliphatic heterocycles. The number of alkyl halides is 3. The van der Waals surface area contributed by atoms with Gasteiger partial charge in [0.05, 0.1) is 30.7 Å². The number of halogens is 5. The van der Waals surface area contributed by atoms with Gasteiger partial charge in [0.15, 0.2) is 23.0 Å². The quantitative estimate of drug-likeness (QED) is 0.105. The van der Waals surface area contributed by atoms with E-state index in [2.05, 4.69) is 20.6 Å². The molecular weight excluding hydrogens is 630 g/mol. The molecule has 0 spiro atoms. The van der Waals surface area contributed by atoms with E-state index in [4.69, 9.17) is 26.5 Å². The Hall–Kier alpha value is -4.95. The lowest BCUT2D eigenvalue weighted by molar-refractivity contribution is -0.138. The summed E-state index contributed by atoms with van der Waals surface area (Å²) in [6, 6.07) is 9.75. The molecule has 238 valence electrons. The van der Waals surface area contributed by atoms with Gasteiger partial charge in [-0.1, -0.05) is 41.9 Å². The first kappa shape index (κ1) is 31.0. The summed E-state index contributed by atoms with van der Waals surface area (Å²) < 4.78 is 70.2. The predicted molar refractivity (Wildman–Crippen MR) is 164 cm³/mol. The normalized spacial score (nSPS) is 18.9. The molecule has 0 unspecified atom stereocenters. The maximum atomic E-state index is 14.3. The van der Waals surface area contributed by atoms with Crippen molar-refractivity contribution < 1.29 is 27.0 Å². The van der Waals surface area contributed by atoms with Crippen molar-refractivity contribution in [3.63, 3.8) is 0 Å². The number of dihydropyridines is 1. The minimum atomic E-state index is -4.72. The van der Waals surface area contributed by atoms with Crippen molar-refractivity contribution in [3.05, 3.63) is 111 Å². The number of anilines is 2. The van der Waals surface area contributed by atoms with Crippen molar-refractivity contribution >= 4 is 40.6 Å². The van der Waals surface area contributed by atoms with Crippen LogP contribution < -0.4 is 20.9 Å². The highest BCUT2D eigenvalue weighted by molar-refractivity contribution is 6.36. The van der Waals surface area contributed by atoms with Crippen molar-refractivity contribution in [2.24, 2.45) is 7.05 Å². The average Bonchev–Trinajstić information content (AvgIpc) is 3.33. The smallest absolute Gasteiger partial charge is 0.417 e. The summed E-state index contributed by atoms with van der Waals surface area (Å²) in [6.07, 6.45) is 2.75. The molecule has 0 radical (unpaired) electrons. The zero-order valence-electron chi connectivity index (χ0n) is 24.1. The summed E-state index contributed by atoms with van der Waals surface area (Å²) in [4.78, 5) is 22.0. The van der Waals surface area contributed by atoms with Gasteiger partial charge in [-0.2, -0.15) is 18.2 Å². The molecule has 10 nitrogen and oxygen atoms in total. The number of nitrogens with one attached hydrogen (secondary N) is 3. The van der Waals surface area contributed by atoms with Crippen molar-refractivity contribution in [3.8, 4) is 5.75 Å². The van der Waals surface area contributed by atoms with Crippen LogP contribution in [0.1, 0.15) is 30.0 Å². The molecule has 0 amide bonds. The number of ether oxygens (including phenoxy) is 2.